The number of hydrogen-bond acceptors (Lipinski definition) is 2. The fourth-order valence-corrected chi connectivity index (χ4v) is 3.06. The Morgan fingerprint density at radius 3 is 2.68 bits per heavy atom. The largest absolute Gasteiger partial charge is 0.325 e. The number of amides is 3. The number of nitrogens with one attached hydrogen (secondary N) is 1. The van der Waals surface area contributed by atoms with Gasteiger partial charge in [-0.25, -0.2) is 4.79 Å². The molecule has 1 unspecified atom stereocenters. The van der Waals surface area contributed by atoms with E-state index in [1.807, 2.05) is 13.0 Å². The Balaban J connectivity index is 2.02. The Labute approximate surface area is 112 Å². The van der Waals surface area contributed by atoms with Crippen LogP contribution in [0.15, 0.2) is 18.2 Å². The molecule has 0 bridgehead atoms. The van der Waals surface area contributed by atoms with Gasteiger partial charge < -0.3 is 5.32 Å². The predicted molar refractivity (Wildman–Crippen MR) is 71.7 cm³/mol. The summed E-state index contributed by atoms with van der Waals surface area (Å²) in [6, 6.07) is 5.86. The van der Waals surface area contributed by atoms with Crippen LogP contribution in [-0.2, 0) is 23.2 Å². The van der Waals surface area contributed by atoms with Crippen molar-refractivity contribution in [1.29, 1.82) is 0 Å². The summed E-state index contributed by atoms with van der Waals surface area (Å²) < 4.78 is 0. The molecule has 1 aromatic carbocycles. The number of rotatable bonds is 2. The molecule has 3 amide bonds. The summed E-state index contributed by atoms with van der Waals surface area (Å²) in [5, 5.41) is 2.83. The number of fused-ring (bicyclic) bond motifs is 1. The minimum absolute atomic E-state index is 0.155. The van der Waals surface area contributed by atoms with E-state index in [2.05, 4.69) is 17.4 Å². The number of hydrogen-bond donors (Lipinski definition) is 1. The van der Waals surface area contributed by atoms with Gasteiger partial charge >= 0.3 is 6.03 Å². The van der Waals surface area contributed by atoms with Crippen LogP contribution >= 0.6 is 0 Å². The van der Waals surface area contributed by atoms with Gasteiger partial charge in [0.1, 0.15) is 5.54 Å². The molecule has 1 aliphatic carbocycles. The van der Waals surface area contributed by atoms with E-state index in [1.165, 1.54) is 22.4 Å². The number of likely N-dealkylation sites (N-methyl/N-ethyl adjacent to an activating group) is 1. The van der Waals surface area contributed by atoms with Gasteiger partial charge in [0.25, 0.3) is 5.91 Å². The van der Waals surface area contributed by atoms with Crippen molar-refractivity contribution in [3.05, 3.63) is 34.9 Å². The van der Waals surface area contributed by atoms with Crippen LogP contribution in [0, 0.1) is 0 Å². The SMILES string of the molecule is CCN1C(=O)NC(C)(c2ccc3c(c2)CCC3)C1=O. The predicted octanol–water partition coefficient (Wildman–Crippen LogP) is 1.96. The molecule has 1 aromatic rings. The van der Waals surface area contributed by atoms with E-state index in [9.17, 15) is 9.59 Å². The lowest BCUT2D eigenvalue weighted by molar-refractivity contribution is -0.130. The highest BCUT2D eigenvalue weighted by Crippen LogP contribution is 2.32. The van der Waals surface area contributed by atoms with E-state index in [-0.39, 0.29) is 11.9 Å². The molecule has 0 saturated carbocycles. The summed E-state index contributed by atoms with van der Waals surface area (Å²) in [4.78, 5) is 25.5. The molecule has 0 spiro atoms. The van der Waals surface area contributed by atoms with Gasteiger partial charge in [-0.05, 0) is 49.8 Å². The summed E-state index contributed by atoms with van der Waals surface area (Å²) in [5.41, 5.74) is 2.67. The highest BCUT2D eigenvalue weighted by molar-refractivity contribution is 6.07. The average Bonchev–Trinajstić information content (AvgIpc) is 2.93. The van der Waals surface area contributed by atoms with E-state index >= 15 is 0 Å². The second-order valence-corrected chi connectivity index (χ2v) is 5.44. The second-order valence-electron chi connectivity index (χ2n) is 5.44. The van der Waals surface area contributed by atoms with Crippen molar-refractivity contribution in [3.63, 3.8) is 0 Å². The van der Waals surface area contributed by atoms with Crippen LogP contribution in [0.3, 0.4) is 0 Å². The van der Waals surface area contributed by atoms with Crippen molar-refractivity contribution >= 4 is 11.9 Å². The number of carbonyl (C=O) groups excluding carboxylic acids is 2. The Kier molecular flexibility index (Phi) is 2.62. The molecule has 19 heavy (non-hydrogen) atoms. The molecule has 3 rings (SSSR count). The van der Waals surface area contributed by atoms with Crippen molar-refractivity contribution in [3.8, 4) is 0 Å². The van der Waals surface area contributed by atoms with Crippen LogP contribution < -0.4 is 5.32 Å². The van der Waals surface area contributed by atoms with Crippen molar-refractivity contribution in [2.45, 2.75) is 38.6 Å². The number of carbonyl (C=O) groups is 2. The Bertz CT molecular complexity index is 567. The molecule has 1 fully saturated rings. The van der Waals surface area contributed by atoms with Gasteiger partial charge in [-0.3, -0.25) is 9.69 Å². The topological polar surface area (TPSA) is 49.4 Å². The Morgan fingerprint density at radius 1 is 1.26 bits per heavy atom. The minimum atomic E-state index is -0.912. The van der Waals surface area contributed by atoms with Crippen LogP contribution in [0.1, 0.15) is 37.0 Å². The van der Waals surface area contributed by atoms with Crippen molar-refractivity contribution in [2.24, 2.45) is 0 Å². The molecule has 0 radical (unpaired) electrons. The molecule has 4 heteroatoms. The number of benzene rings is 1. The Morgan fingerprint density at radius 2 is 2.00 bits per heavy atom. The normalized spacial score (nSPS) is 25.7. The van der Waals surface area contributed by atoms with Crippen LogP contribution in [0.2, 0.25) is 0 Å². The van der Waals surface area contributed by atoms with Crippen LogP contribution in [0.5, 0.6) is 0 Å². The molecule has 1 heterocycles. The fraction of sp³-hybridized carbons (Fsp3) is 0.467. The molecule has 0 aromatic heterocycles. The fourth-order valence-electron chi connectivity index (χ4n) is 3.06. The standard InChI is InChI=1S/C15H18N2O2/c1-3-17-13(18)15(2,16-14(17)19)12-8-7-10-5-4-6-11(10)9-12/h7-9H,3-6H2,1-2H3,(H,16,19). The minimum Gasteiger partial charge on any atom is -0.319 e. The lowest BCUT2D eigenvalue weighted by Crippen LogP contribution is -2.41. The van der Waals surface area contributed by atoms with Gasteiger partial charge in [0.2, 0.25) is 0 Å². The summed E-state index contributed by atoms with van der Waals surface area (Å²) in [6.45, 7) is 4.01. The first-order chi connectivity index (χ1) is 9.06. The summed E-state index contributed by atoms with van der Waals surface area (Å²) in [6.07, 6.45) is 3.36. The quantitative estimate of drug-likeness (QED) is 0.824. The van der Waals surface area contributed by atoms with Gasteiger partial charge in [0, 0.05) is 6.54 Å². The van der Waals surface area contributed by atoms with Gasteiger partial charge in [-0.1, -0.05) is 18.2 Å². The highest BCUT2D eigenvalue weighted by atomic mass is 16.2. The first-order valence-corrected chi connectivity index (χ1v) is 6.82. The third-order valence-corrected chi connectivity index (χ3v) is 4.27. The average molecular weight is 258 g/mol. The van der Waals surface area contributed by atoms with E-state index in [4.69, 9.17) is 0 Å². The lowest BCUT2D eigenvalue weighted by Gasteiger charge is -2.22. The molecule has 1 N–H and O–H groups in total. The number of aryl methyl sites for hydroxylation is 2. The van der Waals surface area contributed by atoms with E-state index < -0.39 is 5.54 Å². The second kappa shape index (κ2) is 4.08. The smallest absolute Gasteiger partial charge is 0.319 e. The van der Waals surface area contributed by atoms with Crippen molar-refractivity contribution < 1.29 is 9.59 Å². The van der Waals surface area contributed by atoms with Crippen LogP contribution in [0.4, 0.5) is 4.79 Å². The molecular weight excluding hydrogens is 240 g/mol. The summed E-state index contributed by atoms with van der Waals surface area (Å²) in [5.74, 6) is -0.155. The Hall–Kier alpha value is -1.84. The molecular formula is C15H18N2O2. The first-order valence-electron chi connectivity index (χ1n) is 6.82. The van der Waals surface area contributed by atoms with Crippen LogP contribution in [-0.4, -0.2) is 23.4 Å². The number of nitrogens with zero attached hydrogens (tertiary/aromatic N) is 1. The van der Waals surface area contributed by atoms with Gasteiger partial charge in [0.05, 0.1) is 0 Å². The van der Waals surface area contributed by atoms with Gasteiger partial charge in [0.15, 0.2) is 0 Å². The lowest BCUT2D eigenvalue weighted by atomic mass is 9.90. The van der Waals surface area contributed by atoms with Crippen LogP contribution in [0.25, 0.3) is 0 Å². The maximum absolute atomic E-state index is 12.4. The molecule has 1 saturated heterocycles. The third-order valence-electron chi connectivity index (χ3n) is 4.27. The zero-order valence-electron chi connectivity index (χ0n) is 11.3. The molecule has 100 valence electrons. The number of urea groups is 1. The molecule has 4 nitrogen and oxygen atoms in total. The number of imide groups is 1. The molecule has 1 atom stereocenters. The first kappa shape index (κ1) is 12.2. The maximum Gasteiger partial charge on any atom is 0.325 e. The summed E-state index contributed by atoms with van der Waals surface area (Å²) >= 11 is 0. The van der Waals surface area contributed by atoms with Crippen molar-refractivity contribution in [1.82, 2.24) is 10.2 Å². The molecule has 2 aliphatic rings. The highest BCUT2D eigenvalue weighted by Gasteiger charge is 2.48. The zero-order chi connectivity index (χ0) is 13.6. The summed E-state index contributed by atoms with van der Waals surface area (Å²) in [7, 11) is 0. The zero-order valence-corrected chi connectivity index (χ0v) is 11.3. The van der Waals surface area contributed by atoms with E-state index in [0.717, 1.165) is 18.4 Å². The van der Waals surface area contributed by atoms with E-state index in [0.29, 0.717) is 6.54 Å². The molecule has 1 aliphatic heterocycles. The monoisotopic (exact) mass is 258 g/mol. The third kappa shape index (κ3) is 1.66. The van der Waals surface area contributed by atoms with Gasteiger partial charge in [-0.2, -0.15) is 0 Å². The maximum atomic E-state index is 12.4. The van der Waals surface area contributed by atoms with Crippen molar-refractivity contribution in [2.75, 3.05) is 6.54 Å². The van der Waals surface area contributed by atoms with Gasteiger partial charge in [-0.15, -0.1) is 0 Å². The van der Waals surface area contributed by atoms with E-state index in [1.54, 1.807) is 6.92 Å².